The quantitative estimate of drug-likeness (QED) is 0.410. The second-order valence-electron chi connectivity index (χ2n) is 8.47. The molecular formula is C24H27F3N4O4. The Morgan fingerprint density at radius 2 is 1.71 bits per heavy atom. The standard InChI is InChI=1S/C24H27F3N4O4/c1-16-3-5-21(17(2)13-16)31-11-9-30(10-12-31)8-7-28-15-18-14-20(29-35-18)19-4-6-22(32-25)24(34-27)23(19)33-26/h3-6,13-14,28H,7-12,15H2,1-2H3. The first-order valence-corrected chi connectivity index (χ1v) is 11.3. The molecule has 1 aliphatic rings. The molecule has 3 aromatic rings. The first-order chi connectivity index (χ1) is 17.0. The summed E-state index contributed by atoms with van der Waals surface area (Å²) < 4.78 is 43.5. The smallest absolute Gasteiger partial charge is 0.265 e. The van der Waals surface area contributed by atoms with Gasteiger partial charge >= 0.3 is 0 Å². The lowest BCUT2D eigenvalue weighted by Gasteiger charge is -2.37. The Labute approximate surface area is 200 Å². The predicted molar refractivity (Wildman–Crippen MR) is 123 cm³/mol. The van der Waals surface area contributed by atoms with Crippen molar-refractivity contribution in [1.29, 1.82) is 0 Å². The summed E-state index contributed by atoms with van der Waals surface area (Å²) in [5, 5.41) is 7.15. The van der Waals surface area contributed by atoms with Gasteiger partial charge in [0.2, 0.25) is 11.5 Å². The van der Waals surface area contributed by atoms with Crippen molar-refractivity contribution in [2.24, 2.45) is 0 Å². The number of hydrogen-bond acceptors (Lipinski definition) is 8. The van der Waals surface area contributed by atoms with Crippen molar-refractivity contribution in [1.82, 2.24) is 15.4 Å². The summed E-state index contributed by atoms with van der Waals surface area (Å²) in [6.07, 6.45) is 0. The van der Waals surface area contributed by atoms with Crippen molar-refractivity contribution in [3.63, 3.8) is 0 Å². The van der Waals surface area contributed by atoms with Crippen molar-refractivity contribution in [3.8, 4) is 28.5 Å². The molecule has 2 heterocycles. The summed E-state index contributed by atoms with van der Waals surface area (Å²) in [5.41, 5.74) is 4.05. The number of anilines is 1. The van der Waals surface area contributed by atoms with E-state index >= 15 is 0 Å². The van der Waals surface area contributed by atoms with E-state index in [0.29, 0.717) is 12.3 Å². The summed E-state index contributed by atoms with van der Waals surface area (Å²) in [6.45, 7) is 10.2. The van der Waals surface area contributed by atoms with Crippen LogP contribution in [0.25, 0.3) is 11.3 Å². The van der Waals surface area contributed by atoms with Gasteiger partial charge in [0, 0.05) is 64.6 Å². The lowest BCUT2D eigenvalue weighted by molar-refractivity contribution is -0.0553. The minimum Gasteiger partial charge on any atom is -0.369 e. The van der Waals surface area contributed by atoms with Gasteiger partial charge in [0.1, 0.15) is 5.69 Å². The van der Waals surface area contributed by atoms with Gasteiger partial charge < -0.3 is 14.7 Å². The van der Waals surface area contributed by atoms with E-state index in [9.17, 15) is 13.6 Å². The van der Waals surface area contributed by atoms with Gasteiger partial charge in [0.25, 0.3) is 5.75 Å². The molecule has 11 heteroatoms. The predicted octanol–water partition coefficient (Wildman–Crippen LogP) is 4.66. The number of aromatic nitrogens is 1. The molecule has 1 fully saturated rings. The lowest BCUT2D eigenvalue weighted by atomic mass is 10.1. The summed E-state index contributed by atoms with van der Waals surface area (Å²) >= 11 is 0. The molecule has 1 N–H and O–H groups in total. The zero-order valence-corrected chi connectivity index (χ0v) is 19.5. The average Bonchev–Trinajstić information content (AvgIpc) is 3.35. The molecule has 0 saturated carbocycles. The summed E-state index contributed by atoms with van der Waals surface area (Å²) in [7, 11) is 0. The Bertz CT molecular complexity index is 1140. The van der Waals surface area contributed by atoms with Gasteiger partial charge in [-0.05, 0) is 37.6 Å². The lowest BCUT2D eigenvalue weighted by Crippen LogP contribution is -2.48. The topological polar surface area (TPSA) is 72.2 Å². The Hall–Kier alpha value is -3.44. The van der Waals surface area contributed by atoms with Crippen molar-refractivity contribution in [2.75, 3.05) is 44.2 Å². The highest BCUT2D eigenvalue weighted by Crippen LogP contribution is 2.45. The van der Waals surface area contributed by atoms with E-state index in [2.05, 4.69) is 67.1 Å². The average molecular weight is 492 g/mol. The largest absolute Gasteiger partial charge is 0.369 e. The van der Waals surface area contributed by atoms with Gasteiger partial charge in [-0.3, -0.25) is 19.7 Å². The minimum atomic E-state index is -0.882. The molecule has 1 aliphatic heterocycles. The highest BCUT2D eigenvalue weighted by atomic mass is 19.3. The highest BCUT2D eigenvalue weighted by molar-refractivity contribution is 5.73. The third-order valence-corrected chi connectivity index (χ3v) is 6.12. The van der Waals surface area contributed by atoms with Gasteiger partial charge in [0.15, 0.2) is 5.76 Å². The van der Waals surface area contributed by atoms with Gasteiger partial charge in [-0.15, -0.1) is 0 Å². The van der Waals surface area contributed by atoms with E-state index in [4.69, 9.17) is 4.52 Å². The van der Waals surface area contributed by atoms with Crippen LogP contribution < -0.4 is 25.0 Å². The molecule has 0 radical (unpaired) electrons. The summed E-state index contributed by atoms with van der Waals surface area (Å²) in [6, 6.07) is 10.4. The Morgan fingerprint density at radius 1 is 0.943 bits per heavy atom. The molecule has 0 unspecified atom stereocenters. The van der Waals surface area contributed by atoms with Crippen LogP contribution in [0.1, 0.15) is 16.9 Å². The van der Waals surface area contributed by atoms with Crippen molar-refractivity contribution < 1.29 is 32.9 Å². The molecule has 0 spiro atoms. The van der Waals surface area contributed by atoms with Crippen molar-refractivity contribution in [3.05, 3.63) is 53.3 Å². The molecule has 0 amide bonds. The van der Waals surface area contributed by atoms with Crippen LogP contribution in [0.5, 0.6) is 17.2 Å². The fraction of sp³-hybridized carbons (Fsp3) is 0.375. The SMILES string of the molecule is Cc1ccc(N2CCN(CCNCc3cc(-c4ccc(OF)c(OF)c4OF)no3)CC2)c(C)c1. The van der Waals surface area contributed by atoms with E-state index in [1.54, 1.807) is 6.07 Å². The third kappa shape index (κ3) is 5.63. The number of aryl methyl sites for hydroxylation is 2. The molecule has 8 nitrogen and oxygen atoms in total. The van der Waals surface area contributed by atoms with E-state index in [-0.39, 0.29) is 11.3 Å². The van der Waals surface area contributed by atoms with E-state index in [1.165, 1.54) is 22.9 Å². The summed E-state index contributed by atoms with van der Waals surface area (Å²) in [4.78, 5) is 15.4. The fourth-order valence-electron chi connectivity index (χ4n) is 4.30. The maximum Gasteiger partial charge on any atom is 0.265 e. The monoisotopic (exact) mass is 492 g/mol. The number of benzene rings is 2. The Kier molecular flexibility index (Phi) is 7.98. The molecule has 1 aromatic heterocycles. The number of halogens is 3. The van der Waals surface area contributed by atoms with Crippen LogP contribution in [0.3, 0.4) is 0 Å². The number of piperazine rings is 1. The van der Waals surface area contributed by atoms with Crippen molar-refractivity contribution >= 4 is 5.69 Å². The molecule has 0 bridgehead atoms. The van der Waals surface area contributed by atoms with Crippen LogP contribution >= 0.6 is 0 Å². The van der Waals surface area contributed by atoms with Gasteiger partial charge in [-0.25, -0.2) is 0 Å². The molecule has 1 saturated heterocycles. The number of hydrogen-bond donors (Lipinski definition) is 1. The first-order valence-electron chi connectivity index (χ1n) is 11.3. The molecule has 0 atom stereocenters. The number of nitrogens with one attached hydrogen (secondary N) is 1. The highest BCUT2D eigenvalue weighted by Gasteiger charge is 2.24. The zero-order valence-electron chi connectivity index (χ0n) is 19.5. The second kappa shape index (κ2) is 11.3. The normalized spacial score (nSPS) is 14.3. The van der Waals surface area contributed by atoms with Crippen LogP contribution in [0.2, 0.25) is 0 Å². The molecule has 2 aromatic carbocycles. The van der Waals surface area contributed by atoms with Crippen LogP contribution in [0.15, 0.2) is 40.9 Å². The minimum absolute atomic E-state index is 0.0117. The zero-order chi connectivity index (χ0) is 24.8. The summed E-state index contributed by atoms with van der Waals surface area (Å²) in [5.74, 6) is -1.79. The molecule has 35 heavy (non-hydrogen) atoms. The van der Waals surface area contributed by atoms with Crippen LogP contribution in [-0.2, 0) is 6.54 Å². The maximum atomic E-state index is 13.0. The number of rotatable bonds is 10. The molecule has 0 aliphatic carbocycles. The first kappa shape index (κ1) is 24.7. The molecule has 4 rings (SSSR count). The van der Waals surface area contributed by atoms with Crippen LogP contribution in [-0.4, -0.2) is 49.3 Å². The second-order valence-corrected chi connectivity index (χ2v) is 8.47. The van der Waals surface area contributed by atoms with E-state index in [0.717, 1.165) is 45.3 Å². The van der Waals surface area contributed by atoms with E-state index < -0.39 is 17.2 Å². The molecular weight excluding hydrogens is 465 g/mol. The van der Waals surface area contributed by atoms with E-state index in [1.807, 2.05) is 0 Å². The number of nitrogens with zero attached hydrogens (tertiary/aromatic N) is 3. The molecule has 188 valence electrons. The van der Waals surface area contributed by atoms with Gasteiger partial charge in [0.05, 0.1) is 12.1 Å². The third-order valence-electron chi connectivity index (χ3n) is 6.12. The fourth-order valence-corrected chi connectivity index (χ4v) is 4.30. The van der Waals surface area contributed by atoms with Gasteiger partial charge in [-0.2, -0.15) is 0 Å². The maximum absolute atomic E-state index is 13.0. The Morgan fingerprint density at radius 3 is 2.40 bits per heavy atom. The van der Waals surface area contributed by atoms with Gasteiger partial charge in [-0.1, -0.05) is 22.9 Å². The van der Waals surface area contributed by atoms with Crippen molar-refractivity contribution in [2.45, 2.75) is 20.4 Å². The van der Waals surface area contributed by atoms with Crippen LogP contribution in [0.4, 0.5) is 19.3 Å². The Balaban J connectivity index is 1.26. The van der Waals surface area contributed by atoms with Crippen LogP contribution in [0, 0.1) is 13.8 Å².